The lowest BCUT2D eigenvalue weighted by Crippen LogP contribution is -2.11. The molecule has 286 valence electrons. The second-order valence-electron chi connectivity index (χ2n) is 16.0. The summed E-state index contributed by atoms with van der Waals surface area (Å²) in [4.78, 5) is 5.74. The van der Waals surface area contributed by atoms with Gasteiger partial charge in [0.1, 0.15) is 11.6 Å². The van der Waals surface area contributed by atoms with Crippen LogP contribution in [0, 0.1) is 0 Å². The molecule has 0 saturated carbocycles. The Labute approximate surface area is 348 Å². The van der Waals surface area contributed by atoms with Crippen molar-refractivity contribution < 1.29 is 0 Å². The normalized spacial score (nSPS) is 13.2. The molecule has 0 radical (unpaired) electrons. The van der Waals surface area contributed by atoms with Crippen molar-refractivity contribution in [3.63, 3.8) is 0 Å². The van der Waals surface area contributed by atoms with E-state index in [0.717, 1.165) is 52.6 Å². The van der Waals surface area contributed by atoms with Crippen LogP contribution < -0.4 is 0 Å². The van der Waals surface area contributed by atoms with E-state index >= 15 is 0 Å². The first-order valence-corrected chi connectivity index (χ1v) is 20.9. The fourth-order valence-electron chi connectivity index (χ4n) is 10.1. The molecule has 0 amide bonds. The number of para-hydroxylation sites is 5. The summed E-state index contributed by atoms with van der Waals surface area (Å²) in [6.07, 6.45) is 8.07. The molecule has 0 unspecified atom stereocenters. The molecule has 0 saturated heterocycles. The molecule has 60 heavy (non-hydrogen) atoms. The Morgan fingerprint density at radius 1 is 0.500 bits per heavy atom. The third-order valence-corrected chi connectivity index (χ3v) is 12.6. The van der Waals surface area contributed by atoms with Crippen molar-refractivity contribution >= 4 is 54.5 Å². The van der Waals surface area contributed by atoms with Crippen molar-refractivity contribution in [1.82, 2.24) is 23.3 Å². The van der Waals surface area contributed by atoms with Crippen LogP contribution in [0.5, 0.6) is 0 Å². The van der Waals surface area contributed by atoms with Gasteiger partial charge in [-0.25, -0.2) is 4.98 Å². The number of rotatable bonds is 7. The lowest BCUT2D eigenvalue weighted by molar-refractivity contribution is 0.844. The Morgan fingerprint density at radius 2 is 1.03 bits per heavy atom. The van der Waals surface area contributed by atoms with Gasteiger partial charge in [0.2, 0.25) is 0 Å². The van der Waals surface area contributed by atoms with Crippen LogP contribution >= 0.6 is 0 Å². The number of aryl methyl sites for hydroxylation is 2. The summed E-state index contributed by atoms with van der Waals surface area (Å²) in [6.45, 7) is 6.26. The van der Waals surface area contributed by atoms with Gasteiger partial charge in [0.05, 0.1) is 39.0 Å². The van der Waals surface area contributed by atoms with Crippen molar-refractivity contribution in [1.29, 1.82) is 0 Å². The molecule has 0 N–H and O–H groups in total. The highest BCUT2D eigenvalue weighted by atomic mass is 15.2. The maximum Gasteiger partial charge on any atom is 0.140 e. The Morgan fingerprint density at radius 3 is 1.68 bits per heavy atom. The average Bonchev–Trinajstić information content (AvgIpc) is 4.05. The monoisotopic (exact) mass is 771 g/mol. The van der Waals surface area contributed by atoms with E-state index in [-0.39, 0.29) is 5.92 Å². The van der Waals surface area contributed by atoms with Gasteiger partial charge in [-0.05, 0) is 84.6 Å². The smallest absolute Gasteiger partial charge is 0.140 e. The molecule has 11 aromatic rings. The van der Waals surface area contributed by atoms with Crippen LogP contribution in [0.1, 0.15) is 29.7 Å². The van der Waals surface area contributed by atoms with Crippen LogP contribution in [0.3, 0.4) is 0 Å². The highest BCUT2D eigenvalue weighted by molar-refractivity contribution is 6.18. The molecular weight excluding hydrogens is 731 g/mol. The van der Waals surface area contributed by atoms with E-state index in [1.54, 1.807) is 0 Å². The molecule has 1 aliphatic rings. The molecule has 0 aliphatic heterocycles. The molecule has 5 heterocycles. The van der Waals surface area contributed by atoms with Crippen LogP contribution in [0.25, 0.3) is 88.9 Å². The fourth-order valence-corrected chi connectivity index (χ4v) is 10.1. The van der Waals surface area contributed by atoms with E-state index in [9.17, 15) is 0 Å². The predicted octanol–water partition coefficient (Wildman–Crippen LogP) is 13.6. The minimum absolute atomic E-state index is 0.0785. The summed E-state index contributed by atoms with van der Waals surface area (Å²) in [6, 6.07) is 61.6. The molecule has 6 aromatic carbocycles. The van der Waals surface area contributed by atoms with Gasteiger partial charge >= 0.3 is 0 Å². The minimum Gasteiger partial charge on any atom is -0.307 e. The lowest BCUT2D eigenvalue weighted by Gasteiger charge is -2.21. The van der Waals surface area contributed by atoms with Crippen molar-refractivity contribution in [3.8, 4) is 34.4 Å². The second-order valence-corrected chi connectivity index (χ2v) is 16.0. The number of pyridine rings is 1. The molecule has 0 bridgehead atoms. The van der Waals surface area contributed by atoms with E-state index in [1.165, 1.54) is 66.0 Å². The Bertz CT molecular complexity index is 3520. The summed E-state index contributed by atoms with van der Waals surface area (Å²) in [5.41, 5.74) is 14.5. The summed E-state index contributed by atoms with van der Waals surface area (Å²) in [7, 11) is 0. The molecule has 1 aliphatic carbocycles. The zero-order chi connectivity index (χ0) is 39.9. The average molecular weight is 772 g/mol. The number of hydrogen-bond donors (Lipinski definition) is 0. The van der Waals surface area contributed by atoms with Crippen LogP contribution in [-0.2, 0) is 12.8 Å². The van der Waals surface area contributed by atoms with Gasteiger partial charge in [-0.1, -0.05) is 141 Å². The van der Waals surface area contributed by atoms with Gasteiger partial charge in [0.25, 0.3) is 0 Å². The van der Waals surface area contributed by atoms with E-state index in [0.29, 0.717) is 0 Å². The van der Waals surface area contributed by atoms with Gasteiger partial charge < -0.3 is 9.13 Å². The van der Waals surface area contributed by atoms with Crippen LogP contribution in [0.2, 0.25) is 0 Å². The summed E-state index contributed by atoms with van der Waals surface area (Å²) >= 11 is 0. The fraction of sp³-hybridized carbons (Fsp3) is 0.0727. The van der Waals surface area contributed by atoms with Gasteiger partial charge in [-0.15, -0.1) is 0 Å². The van der Waals surface area contributed by atoms with Crippen molar-refractivity contribution in [2.75, 3.05) is 0 Å². The number of benzene rings is 6. The molecular formula is C55H41N5. The van der Waals surface area contributed by atoms with Crippen molar-refractivity contribution in [2.45, 2.75) is 25.7 Å². The first kappa shape index (κ1) is 34.4. The van der Waals surface area contributed by atoms with E-state index < -0.39 is 0 Å². The third-order valence-electron chi connectivity index (χ3n) is 12.6. The minimum atomic E-state index is 0.0785. The number of allylic oxidation sites excluding steroid dienone is 3. The molecule has 12 rings (SSSR count). The van der Waals surface area contributed by atoms with E-state index in [2.05, 4.69) is 214 Å². The van der Waals surface area contributed by atoms with Crippen LogP contribution in [0.4, 0.5) is 0 Å². The van der Waals surface area contributed by atoms with Gasteiger partial charge in [-0.3, -0.25) is 9.13 Å². The molecule has 0 spiro atoms. The summed E-state index contributed by atoms with van der Waals surface area (Å²) < 4.78 is 9.77. The number of nitrogens with zero attached hydrogens (tertiary/aromatic N) is 5. The Kier molecular flexibility index (Phi) is 7.73. The quantitative estimate of drug-likeness (QED) is 0.149. The maximum absolute atomic E-state index is 5.74. The molecule has 0 fully saturated rings. The van der Waals surface area contributed by atoms with Gasteiger partial charge in [0, 0.05) is 49.9 Å². The number of fused-ring (bicyclic) bond motifs is 12. The zero-order valence-corrected chi connectivity index (χ0v) is 33.3. The number of aromatic nitrogens is 5. The largest absolute Gasteiger partial charge is 0.307 e. The highest BCUT2D eigenvalue weighted by Crippen LogP contribution is 2.47. The van der Waals surface area contributed by atoms with Crippen molar-refractivity contribution in [2.24, 2.45) is 0 Å². The van der Waals surface area contributed by atoms with Crippen LogP contribution in [0.15, 0.2) is 195 Å². The van der Waals surface area contributed by atoms with E-state index in [1.807, 2.05) is 6.08 Å². The Balaban J connectivity index is 1.18. The van der Waals surface area contributed by atoms with Gasteiger partial charge in [0.15, 0.2) is 0 Å². The second kappa shape index (κ2) is 13.5. The highest BCUT2D eigenvalue weighted by Gasteiger charge is 2.32. The third kappa shape index (κ3) is 4.96. The maximum atomic E-state index is 5.74. The Hall–Kier alpha value is -7.63. The molecule has 5 nitrogen and oxygen atoms in total. The lowest BCUT2D eigenvalue weighted by atomic mass is 9.92. The molecule has 5 heteroatoms. The summed E-state index contributed by atoms with van der Waals surface area (Å²) in [5, 5.41) is 6.20. The first-order chi connectivity index (χ1) is 29.7. The number of hydrogen-bond acceptors (Lipinski definition) is 1. The predicted molar refractivity (Wildman–Crippen MR) is 250 cm³/mol. The molecule has 5 aromatic heterocycles. The topological polar surface area (TPSA) is 32.6 Å². The summed E-state index contributed by atoms with van der Waals surface area (Å²) in [5.74, 6) is 1.84. The van der Waals surface area contributed by atoms with Crippen LogP contribution in [-0.4, -0.2) is 23.3 Å². The van der Waals surface area contributed by atoms with Gasteiger partial charge in [-0.2, -0.15) is 0 Å². The SMILES string of the molecule is C=C/C=C\[C@@H](C)c1cc2ccc3c4ccccc4n(-c4ccccc4)c3c2n1-c1cccc(-n2c3c(c4ccccc42)CCc2c-3n(-c3ccccc3)c3ccccc23)n1. The first-order valence-electron chi connectivity index (χ1n) is 20.9. The van der Waals surface area contributed by atoms with Crippen molar-refractivity contribution in [3.05, 3.63) is 211 Å². The standard InChI is InChI=1S/C55H41N5/c1-3-4-18-36(2)49-35-37-31-32-43-40-23-11-14-26-46(40)57(38-19-7-5-8-20-38)53(43)52(37)60(49)51-30-17-29-50(56-51)59-48-28-16-13-25-42(48)45-34-33-44-41-24-12-15-27-47(41)58(54(44)55(45)59)39-21-9-6-10-22-39/h3-32,35-36H,1,33-34H2,2H3/b18-4-/t36-/m1/s1. The zero-order valence-electron chi connectivity index (χ0n) is 33.3. The molecule has 1 atom stereocenters. The van der Waals surface area contributed by atoms with E-state index in [4.69, 9.17) is 4.98 Å².